The van der Waals surface area contributed by atoms with Crippen molar-refractivity contribution in [3.63, 3.8) is 0 Å². The Labute approximate surface area is 197 Å². The summed E-state index contributed by atoms with van der Waals surface area (Å²) in [6.07, 6.45) is 6.93. The van der Waals surface area contributed by atoms with Gasteiger partial charge in [0.25, 0.3) is 0 Å². The van der Waals surface area contributed by atoms with Crippen LogP contribution in [0.3, 0.4) is 0 Å². The van der Waals surface area contributed by atoms with Crippen molar-refractivity contribution in [1.82, 2.24) is 0 Å². The van der Waals surface area contributed by atoms with E-state index < -0.39 is 0 Å². The summed E-state index contributed by atoms with van der Waals surface area (Å²) in [5.41, 5.74) is 6.33. The van der Waals surface area contributed by atoms with E-state index in [0.717, 1.165) is 35.8 Å². The number of fused-ring (bicyclic) bond motifs is 1. The third-order valence-electron chi connectivity index (χ3n) is 6.14. The number of halogens is 1. The van der Waals surface area contributed by atoms with Crippen LogP contribution in [0, 0.1) is 17.7 Å². The fourth-order valence-electron chi connectivity index (χ4n) is 4.21. The third-order valence-corrected chi connectivity index (χ3v) is 6.14. The van der Waals surface area contributed by atoms with Gasteiger partial charge in [-0.3, -0.25) is 0 Å². The van der Waals surface area contributed by atoms with E-state index in [2.05, 4.69) is 68.2 Å². The molecule has 0 N–H and O–H groups in total. The van der Waals surface area contributed by atoms with Gasteiger partial charge in [-0.2, -0.15) is 0 Å². The summed E-state index contributed by atoms with van der Waals surface area (Å²) in [7, 11) is 0. The van der Waals surface area contributed by atoms with E-state index in [9.17, 15) is 0 Å². The van der Waals surface area contributed by atoms with E-state index >= 15 is 4.39 Å². The minimum Gasteiger partial charge on any atom is -0.205 e. The number of unbranched alkanes of at least 4 members (excludes halogenated alkanes) is 2. The molecule has 0 aliphatic heterocycles. The first-order valence-corrected chi connectivity index (χ1v) is 12.1. The first-order valence-electron chi connectivity index (χ1n) is 12.1. The summed E-state index contributed by atoms with van der Waals surface area (Å²) in [4.78, 5) is 0. The Hall–Kier alpha value is -3.37. The highest BCUT2D eigenvalue weighted by molar-refractivity contribution is 5.85. The number of hydrogen-bond acceptors (Lipinski definition) is 0. The second-order valence-corrected chi connectivity index (χ2v) is 8.71. The van der Waals surface area contributed by atoms with Crippen LogP contribution in [0.4, 0.5) is 4.39 Å². The molecule has 4 rings (SSSR count). The van der Waals surface area contributed by atoms with Crippen molar-refractivity contribution in [1.29, 1.82) is 0 Å². The van der Waals surface area contributed by atoms with Gasteiger partial charge in [-0.1, -0.05) is 106 Å². The molecule has 0 aromatic heterocycles. The van der Waals surface area contributed by atoms with Gasteiger partial charge in [0.2, 0.25) is 0 Å². The molecule has 0 atom stereocenters. The maximum atomic E-state index is 15.1. The van der Waals surface area contributed by atoms with Crippen LogP contribution in [-0.4, -0.2) is 0 Å². The zero-order valence-corrected chi connectivity index (χ0v) is 19.6. The average molecular weight is 435 g/mol. The molecule has 0 aliphatic rings. The van der Waals surface area contributed by atoms with Gasteiger partial charge < -0.3 is 0 Å². The highest BCUT2D eigenvalue weighted by Gasteiger charge is 2.07. The Morgan fingerprint density at radius 3 is 2.03 bits per heavy atom. The predicted molar refractivity (Wildman–Crippen MR) is 139 cm³/mol. The summed E-state index contributed by atoms with van der Waals surface area (Å²) in [5.74, 6) is 5.93. The lowest BCUT2D eigenvalue weighted by atomic mass is 10.00. The molecular weight excluding hydrogens is 403 g/mol. The number of benzene rings is 4. The molecule has 0 fully saturated rings. The Balaban J connectivity index is 1.50. The van der Waals surface area contributed by atoms with Crippen LogP contribution in [0.15, 0.2) is 78.9 Å². The summed E-state index contributed by atoms with van der Waals surface area (Å²) >= 11 is 0. The number of aryl methyl sites for hydroxylation is 2. The van der Waals surface area contributed by atoms with Crippen LogP contribution in [0.1, 0.15) is 61.8 Å². The van der Waals surface area contributed by atoms with Crippen LogP contribution in [-0.2, 0) is 12.8 Å². The minimum absolute atomic E-state index is 0.233. The molecule has 1 heteroatoms. The van der Waals surface area contributed by atoms with Gasteiger partial charge in [0.05, 0.1) is 5.56 Å². The summed E-state index contributed by atoms with van der Waals surface area (Å²) < 4.78 is 15.1. The second kappa shape index (κ2) is 11.0. The van der Waals surface area contributed by atoms with Gasteiger partial charge in [-0.25, -0.2) is 4.39 Å². The zero-order chi connectivity index (χ0) is 23.0. The molecule has 4 aromatic carbocycles. The van der Waals surface area contributed by atoms with Gasteiger partial charge in [-0.15, -0.1) is 0 Å². The van der Waals surface area contributed by atoms with Crippen LogP contribution in [0.5, 0.6) is 0 Å². The molecular formula is C32H31F. The van der Waals surface area contributed by atoms with Gasteiger partial charge in [0.15, 0.2) is 0 Å². The molecule has 4 aromatic rings. The highest BCUT2D eigenvalue weighted by Crippen LogP contribution is 2.24. The maximum absolute atomic E-state index is 15.1. The van der Waals surface area contributed by atoms with Crippen LogP contribution >= 0.6 is 0 Å². The largest absolute Gasteiger partial charge is 0.205 e. The quantitative estimate of drug-likeness (QED) is 0.201. The molecule has 0 aliphatic carbocycles. The second-order valence-electron chi connectivity index (χ2n) is 8.71. The average Bonchev–Trinajstić information content (AvgIpc) is 2.85. The van der Waals surface area contributed by atoms with Crippen molar-refractivity contribution < 1.29 is 4.39 Å². The Bertz CT molecular complexity index is 1270. The Morgan fingerprint density at radius 2 is 1.33 bits per heavy atom. The number of hydrogen-bond donors (Lipinski definition) is 0. The van der Waals surface area contributed by atoms with Gasteiger partial charge in [0.1, 0.15) is 5.82 Å². The van der Waals surface area contributed by atoms with Crippen molar-refractivity contribution in [2.45, 2.75) is 52.4 Å². The van der Waals surface area contributed by atoms with E-state index in [4.69, 9.17) is 0 Å². The Kier molecular flexibility index (Phi) is 7.59. The zero-order valence-electron chi connectivity index (χ0n) is 19.6. The standard InChI is InChI=1S/C32H31F/c1-3-5-6-8-26-14-22-31-30(23-26)21-20-29(32(31)33)19-13-25-11-17-28(18-12-25)27-15-9-24(7-4-2)10-16-27/h9-12,14-18,20-23H,3-8H2,1-2H3. The van der Waals surface area contributed by atoms with Crippen molar-refractivity contribution in [2.75, 3.05) is 0 Å². The molecule has 33 heavy (non-hydrogen) atoms. The third kappa shape index (κ3) is 5.71. The molecule has 0 spiro atoms. The van der Waals surface area contributed by atoms with Crippen LogP contribution < -0.4 is 0 Å². The fraction of sp³-hybridized carbons (Fsp3) is 0.250. The van der Waals surface area contributed by atoms with Gasteiger partial charge >= 0.3 is 0 Å². The van der Waals surface area contributed by atoms with Crippen molar-refractivity contribution in [2.24, 2.45) is 0 Å². The van der Waals surface area contributed by atoms with Crippen molar-refractivity contribution in [3.8, 4) is 23.0 Å². The molecule has 0 saturated carbocycles. The van der Waals surface area contributed by atoms with Crippen molar-refractivity contribution >= 4 is 10.8 Å². The molecule has 0 amide bonds. The predicted octanol–water partition coefficient (Wildman–Crippen LogP) is 8.73. The first kappa shape index (κ1) is 22.8. The minimum atomic E-state index is -0.233. The molecule has 0 saturated heterocycles. The molecule has 0 bridgehead atoms. The fourth-order valence-corrected chi connectivity index (χ4v) is 4.21. The lowest BCUT2D eigenvalue weighted by Crippen LogP contribution is -1.90. The molecule has 166 valence electrons. The van der Waals surface area contributed by atoms with Gasteiger partial charge in [-0.05, 0) is 65.1 Å². The summed E-state index contributed by atoms with van der Waals surface area (Å²) in [5, 5.41) is 1.59. The van der Waals surface area contributed by atoms with E-state index in [-0.39, 0.29) is 5.82 Å². The summed E-state index contributed by atoms with van der Waals surface area (Å²) in [6.45, 7) is 4.40. The topological polar surface area (TPSA) is 0 Å². The molecule has 0 radical (unpaired) electrons. The first-order chi connectivity index (χ1) is 16.2. The van der Waals surface area contributed by atoms with E-state index in [1.54, 1.807) is 6.07 Å². The monoisotopic (exact) mass is 434 g/mol. The number of rotatable bonds is 7. The highest BCUT2D eigenvalue weighted by atomic mass is 19.1. The molecule has 0 nitrogen and oxygen atoms in total. The normalized spacial score (nSPS) is 10.8. The van der Waals surface area contributed by atoms with Crippen LogP contribution in [0.2, 0.25) is 0 Å². The molecule has 0 unspecified atom stereocenters. The lowest BCUT2D eigenvalue weighted by molar-refractivity contribution is 0.636. The Morgan fingerprint density at radius 1 is 0.636 bits per heavy atom. The summed E-state index contributed by atoms with van der Waals surface area (Å²) in [6, 6.07) is 26.7. The lowest BCUT2D eigenvalue weighted by Gasteiger charge is -2.06. The van der Waals surface area contributed by atoms with E-state index in [1.807, 2.05) is 30.3 Å². The van der Waals surface area contributed by atoms with E-state index in [0.29, 0.717) is 10.9 Å². The van der Waals surface area contributed by atoms with Crippen molar-refractivity contribution in [3.05, 3.63) is 107 Å². The van der Waals surface area contributed by atoms with E-state index in [1.165, 1.54) is 36.0 Å². The SMILES string of the molecule is CCCCCc1ccc2c(F)c(C#Cc3ccc(-c4ccc(CCC)cc4)cc3)ccc2c1. The molecule has 0 heterocycles. The smallest absolute Gasteiger partial charge is 0.146 e. The van der Waals surface area contributed by atoms with Gasteiger partial charge in [0, 0.05) is 10.9 Å². The maximum Gasteiger partial charge on any atom is 0.146 e. The van der Waals surface area contributed by atoms with Crippen LogP contribution in [0.25, 0.3) is 21.9 Å².